The first kappa shape index (κ1) is 15.0. The van der Waals surface area contributed by atoms with Crippen molar-refractivity contribution < 1.29 is 4.79 Å². The van der Waals surface area contributed by atoms with E-state index in [0.717, 1.165) is 43.7 Å². The number of hydrogen-bond acceptors (Lipinski definition) is 3. The molecule has 0 bridgehead atoms. The third kappa shape index (κ3) is 2.44. The lowest BCUT2D eigenvalue weighted by atomic mass is 9.80. The van der Waals surface area contributed by atoms with Crippen molar-refractivity contribution in [1.29, 1.82) is 0 Å². The number of carbonyl (C=O) groups excluding carboxylic acids is 1. The molecule has 4 nitrogen and oxygen atoms in total. The molecule has 1 amide bonds. The van der Waals surface area contributed by atoms with Crippen LogP contribution in [0.3, 0.4) is 0 Å². The standard InChI is InChI=1S/C21H23N3O/c25-21(24-11-4-12-24)15-7-8-18-17(13-15)20-16(9-10-22-20)19(23-18)14-5-2-1-3-6-14/h1-3,5-8,13,16,19-20,22-23H,4,9-12H2/t16-,19?,20-/m0/s1. The quantitative estimate of drug-likeness (QED) is 0.886. The summed E-state index contributed by atoms with van der Waals surface area (Å²) < 4.78 is 0. The van der Waals surface area contributed by atoms with Crippen LogP contribution in [0.15, 0.2) is 48.5 Å². The van der Waals surface area contributed by atoms with Gasteiger partial charge in [0.15, 0.2) is 0 Å². The summed E-state index contributed by atoms with van der Waals surface area (Å²) in [5, 5.41) is 7.42. The zero-order chi connectivity index (χ0) is 16.8. The van der Waals surface area contributed by atoms with Crippen LogP contribution in [0.25, 0.3) is 0 Å². The Kier molecular flexibility index (Phi) is 3.52. The van der Waals surface area contributed by atoms with E-state index in [0.29, 0.717) is 18.0 Å². The summed E-state index contributed by atoms with van der Waals surface area (Å²) >= 11 is 0. The second-order valence-corrected chi connectivity index (χ2v) is 7.36. The lowest BCUT2D eigenvalue weighted by Gasteiger charge is -2.38. The van der Waals surface area contributed by atoms with Crippen molar-refractivity contribution >= 4 is 11.6 Å². The third-order valence-corrected chi connectivity index (χ3v) is 5.94. The highest BCUT2D eigenvalue weighted by molar-refractivity contribution is 5.95. The van der Waals surface area contributed by atoms with E-state index in [2.05, 4.69) is 53.1 Å². The van der Waals surface area contributed by atoms with E-state index in [-0.39, 0.29) is 5.91 Å². The van der Waals surface area contributed by atoms with Gasteiger partial charge in [0, 0.05) is 36.3 Å². The fraction of sp³-hybridized carbons (Fsp3) is 0.381. The number of fused-ring (bicyclic) bond motifs is 3. The van der Waals surface area contributed by atoms with Gasteiger partial charge in [0.25, 0.3) is 5.91 Å². The van der Waals surface area contributed by atoms with Gasteiger partial charge in [-0.15, -0.1) is 0 Å². The predicted octanol–water partition coefficient (Wildman–Crippen LogP) is 3.35. The lowest BCUT2D eigenvalue weighted by molar-refractivity contribution is 0.0651. The highest BCUT2D eigenvalue weighted by Crippen LogP contribution is 2.47. The normalized spacial score (nSPS) is 27.0. The second-order valence-electron chi connectivity index (χ2n) is 7.36. The Hall–Kier alpha value is -2.33. The molecule has 4 heteroatoms. The highest BCUT2D eigenvalue weighted by Gasteiger charge is 2.40. The first-order valence-corrected chi connectivity index (χ1v) is 9.29. The SMILES string of the molecule is O=C(c1ccc2c(c1)[C@H]1NCC[C@H]1C(c1ccccc1)N2)N1CCC1. The van der Waals surface area contributed by atoms with Gasteiger partial charge < -0.3 is 15.5 Å². The molecule has 5 rings (SSSR count). The summed E-state index contributed by atoms with van der Waals surface area (Å²) in [6.07, 6.45) is 2.28. The minimum Gasteiger partial charge on any atom is -0.378 e. The van der Waals surface area contributed by atoms with E-state index in [1.807, 2.05) is 11.0 Å². The maximum absolute atomic E-state index is 12.6. The van der Waals surface area contributed by atoms with Crippen molar-refractivity contribution in [3.05, 3.63) is 65.2 Å². The summed E-state index contributed by atoms with van der Waals surface area (Å²) in [7, 11) is 0. The number of anilines is 1. The van der Waals surface area contributed by atoms with Crippen molar-refractivity contribution in [3.8, 4) is 0 Å². The summed E-state index contributed by atoms with van der Waals surface area (Å²) in [5.41, 5.74) is 4.57. The van der Waals surface area contributed by atoms with Gasteiger partial charge in [-0.2, -0.15) is 0 Å². The van der Waals surface area contributed by atoms with E-state index < -0.39 is 0 Å². The zero-order valence-corrected chi connectivity index (χ0v) is 14.2. The number of carbonyl (C=O) groups is 1. The van der Waals surface area contributed by atoms with Gasteiger partial charge in [-0.25, -0.2) is 0 Å². The fourth-order valence-corrected chi connectivity index (χ4v) is 4.48. The van der Waals surface area contributed by atoms with Gasteiger partial charge in [-0.3, -0.25) is 4.79 Å². The molecule has 0 aliphatic carbocycles. The molecule has 0 aromatic heterocycles. The number of hydrogen-bond donors (Lipinski definition) is 2. The van der Waals surface area contributed by atoms with Gasteiger partial charge in [-0.1, -0.05) is 30.3 Å². The number of rotatable bonds is 2. The van der Waals surface area contributed by atoms with Gasteiger partial charge in [0.1, 0.15) is 0 Å². The number of benzene rings is 2. The van der Waals surface area contributed by atoms with Crippen LogP contribution in [0, 0.1) is 5.92 Å². The Morgan fingerprint density at radius 3 is 2.64 bits per heavy atom. The van der Waals surface area contributed by atoms with Crippen molar-refractivity contribution in [2.45, 2.75) is 24.9 Å². The Bertz CT molecular complexity index is 800. The highest BCUT2D eigenvalue weighted by atomic mass is 16.2. The minimum absolute atomic E-state index is 0.175. The van der Waals surface area contributed by atoms with E-state index in [1.165, 1.54) is 11.1 Å². The summed E-state index contributed by atoms with van der Waals surface area (Å²) in [4.78, 5) is 14.5. The molecule has 3 heterocycles. The molecule has 3 aliphatic heterocycles. The van der Waals surface area contributed by atoms with Gasteiger partial charge in [-0.05, 0) is 48.7 Å². The molecule has 2 aromatic carbocycles. The molecule has 0 radical (unpaired) electrons. The Labute approximate surface area is 148 Å². The molecule has 2 N–H and O–H groups in total. The van der Waals surface area contributed by atoms with Gasteiger partial charge in [0.2, 0.25) is 0 Å². The van der Waals surface area contributed by atoms with Crippen LogP contribution in [0.5, 0.6) is 0 Å². The van der Waals surface area contributed by atoms with Crippen LogP contribution in [0.2, 0.25) is 0 Å². The summed E-state index contributed by atoms with van der Waals surface area (Å²) in [5.74, 6) is 0.693. The molecule has 3 atom stereocenters. The number of nitrogens with zero attached hydrogens (tertiary/aromatic N) is 1. The first-order valence-electron chi connectivity index (χ1n) is 9.29. The van der Waals surface area contributed by atoms with Crippen LogP contribution in [0.1, 0.15) is 46.4 Å². The van der Waals surface area contributed by atoms with E-state index in [4.69, 9.17) is 0 Å². The van der Waals surface area contributed by atoms with Crippen molar-refractivity contribution in [2.24, 2.45) is 5.92 Å². The molecule has 3 aliphatic rings. The van der Waals surface area contributed by atoms with Crippen LogP contribution in [-0.2, 0) is 0 Å². The largest absolute Gasteiger partial charge is 0.378 e. The zero-order valence-electron chi connectivity index (χ0n) is 14.2. The molecular formula is C21H23N3O. The average Bonchev–Trinajstić information content (AvgIpc) is 3.10. The topological polar surface area (TPSA) is 44.4 Å². The monoisotopic (exact) mass is 333 g/mol. The Morgan fingerprint density at radius 1 is 1.04 bits per heavy atom. The van der Waals surface area contributed by atoms with E-state index in [1.54, 1.807) is 0 Å². The number of amides is 1. The van der Waals surface area contributed by atoms with Crippen LogP contribution < -0.4 is 10.6 Å². The van der Waals surface area contributed by atoms with Crippen molar-refractivity contribution in [3.63, 3.8) is 0 Å². The van der Waals surface area contributed by atoms with E-state index >= 15 is 0 Å². The minimum atomic E-state index is 0.175. The summed E-state index contributed by atoms with van der Waals surface area (Å²) in [6, 6.07) is 17.5. The van der Waals surface area contributed by atoms with Crippen LogP contribution in [0.4, 0.5) is 5.69 Å². The smallest absolute Gasteiger partial charge is 0.253 e. The second kappa shape index (κ2) is 5.88. The van der Waals surface area contributed by atoms with Crippen LogP contribution >= 0.6 is 0 Å². The maximum atomic E-state index is 12.6. The Morgan fingerprint density at radius 2 is 1.88 bits per heavy atom. The summed E-state index contributed by atoms with van der Waals surface area (Å²) in [6.45, 7) is 2.83. The molecule has 0 spiro atoms. The average molecular weight is 333 g/mol. The number of likely N-dealkylation sites (tertiary alicyclic amines) is 1. The predicted molar refractivity (Wildman–Crippen MR) is 98.6 cm³/mol. The van der Waals surface area contributed by atoms with Crippen molar-refractivity contribution in [1.82, 2.24) is 10.2 Å². The molecule has 1 unspecified atom stereocenters. The van der Waals surface area contributed by atoms with E-state index in [9.17, 15) is 4.79 Å². The van der Waals surface area contributed by atoms with Crippen molar-refractivity contribution in [2.75, 3.05) is 25.0 Å². The molecule has 2 saturated heterocycles. The molecule has 25 heavy (non-hydrogen) atoms. The Balaban J connectivity index is 1.51. The molecule has 2 fully saturated rings. The third-order valence-electron chi connectivity index (χ3n) is 5.94. The molecule has 2 aromatic rings. The maximum Gasteiger partial charge on any atom is 0.253 e. The first-order chi connectivity index (χ1) is 12.3. The van der Waals surface area contributed by atoms with Crippen LogP contribution in [-0.4, -0.2) is 30.4 Å². The fourth-order valence-electron chi connectivity index (χ4n) is 4.48. The van der Waals surface area contributed by atoms with Gasteiger partial charge >= 0.3 is 0 Å². The van der Waals surface area contributed by atoms with Gasteiger partial charge in [0.05, 0.1) is 6.04 Å². The molecule has 128 valence electrons. The molecule has 0 saturated carbocycles. The lowest BCUT2D eigenvalue weighted by Crippen LogP contribution is -2.42. The molecular weight excluding hydrogens is 310 g/mol. The number of nitrogens with one attached hydrogen (secondary N) is 2.